The van der Waals surface area contributed by atoms with Crippen LogP contribution in [-0.4, -0.2) is 19.2 Å². The van der Waals surface area contributed by atoms with Crippen LogP contribution >= 0.6 is 15.9 Å². The van der Waals surface area contributed by atoms with Crippen molar-refractivity contribution in [2.75, 3.05) is 13.2 Å². The number of hydrogen-bond acceptors (Lipinski definition) is 2. The summed E-state index contributed by atoms with van der Waals surface area (Å²) < 4.78 is 6.96. The standard InChI is InChI=1S/C17H28BrNO/c1-5-17(6-2,13-19-14(3)4)10-11-20-16-9-7-8-15(18)12-16/h7-9,12,14,19H,5-6,10-11,13H2,1-4H3. The minimum Gasteiger partial charge on any atom is -0.494 e. The first kappa shape index (κ1) is 17.5. The molecule has 1 aromatic rings. The Hall–Kier alpha value is -0.540. The molecule has 0 radical (unpaired) electrons. The van der Waals surface area contributed by atoms with E-state index in [-0.39, 0.29) is 0 Å². The van der Waals surface area contributed by atoms with E-state index in [2.05, 4.69) is 48.9 Å². The van der Waals surface area contributed by atoms with Crippen molar-refractivity contribution in [3.05, 3.63) is 28.7 Å². The average molecular weight is 342 g/mol. The first-order valence-corrected chi connectivity index (χ1v) is 8.42. The molecule has 1 rings (SSSR count). The Balaban J connectivity index is 2.50. The Bertz CT molecular complexity index is 388. The third kappa shape index (κ3) is 5.84. The van der Waals surface area contributed by atoms with Crippen molar-refractivity contribution >= 4 is 15.9 Å². The van der Waals surface area contributed by atoms with Crippen molar-refractivity contribution in [3.8, 4) is 5.75 Å². The Morgan fingerprint density at radius 2 is 1.95 bits per heavy atom. The summed E-state index contributed by atoms with van der Waals surface area (Å²) in [4.78, 5) is 0. The third-order valence-corrected chi connectivity index (χ3v) is 4.58. The highest BCUT2D eigenvalue weighted by Crippen LogP contribution is 2.30. The number of benzene rings is 1. The second-order valence-electron chi connectivity index (χ2n) is 5.80. The molecular weight excluding hydrogens is 314 g/mol. The van der Waals surface area contributed by atoms with Gasteiger partial charge in [0.2, 0.25) is 0 Å². The highest BCUT2D eigenvalue weighted by atomic mass is 79.9. The number of hydrogen-bond donors (Lipinski definition) is 1. The Kier molecular flexibility index (Phi) is 7.60. The molecular formula is C17H28BrNO. The second kappa shape index (κ2) is 8.68. The molecule has 0 atom stereocenters. The molecule has 0 amide bonds. The van der Waals surface area contributed by atoms with Gasteiger partial charge < -0.3 is 10.1 Å². The van der Waals surface area contributed by atoms with Crippen molar-refractivity contribution in [2.24, 2.45) is 5.41 Å². The predicted molar refractivity (Wildman–Crippen MR) is 90.4 cm³/mol. The van der Waals surface area contributed by atoms with E-state index < -0.39 is 0 Å². The van der Waals surface area contributed by atoms with E-state index in [1.54, 1.807) is 0 Å². The van der Waals surface area contributed by atoms with Gasteiger partial charge in [-0.1, -0.05) is 49.7 Å². The van der Waals surface area contributed by atoms with E-state index in [4.69, 9.17) is 4.74 Å². The lowest BCUT2D eigenvalue weighted by Crippen LogP contribution is -2.38. The molecule has 20 heavy (non-hydrogen) atoms. The molecule has 0 aromatic heterocycles. The van der Waals surface area contributed by atoms with Crippen LogP contribution in [0.3, 0.4) is 0 Å². The zero-order chi connectivity index (χ0) is 15.0. The van der Waals surface area contributed by atoms with Crippen molar-refractivity contribution in [2.45, 2.75) is 53.0 Å². The number of rotatable bonds is 9. The number of halogens is 1. The molecule has 1 N–H and O–H groups in total. The summed E-state index contributed by atoms with van der Waals surface area (Å²) in [5, 5.41) is 3.58. The van der Waals surface area contributed by atoms with Gasteiger partial charge in [-0.25, -0.2) is 0 Å². The van der Waals surface area contributed by atoms with Gasteiger partial charge in [-0.15, -0.1) is 0 Å². The highest BCUT2D eigenvalue weighted by molar-refractivity contribution is 9.10. The summed E-state index contributed by atoms with van der Waals surface area (Å²) in [7, 11) is 0. The molecule has 2 nitrogen and oxygen atoms in total. The van der Waals surface area contributed by atoms with Gasteiger partial charge in [-0.05, 0) is 42.9 Å². The van der Waals surface area contributed by atoms with Gasteiger partial charge in [0.05, 0.1) is 6.61 Å². The minimum atomic E-state index is 0.344. The Morgan fingerprint density at radius 3 is 2.50 bits per heavy atom. The first-order valence-electron chi connectivity index (χ1n) is 7.63. The van der Waals surface area contributed by atoms with Crippen molar-refractivity contribution in [1.29, 1.82) is 0 Å². The summed E-state index contributed by atoms with van der Waals surface area (Å²) >= 11 is 3.47. The predicted octanol–water partition coefficient (Wildman–Crippen LogP) is 5.02. The second-order valence-corrected chi connectivity index (χ2v) is 6.71. The van der Waals surface area contributed by atoms with E-state index in [1.807, 2.05) is 24.3 Å². The summed E-state index contributed by atoms with van der Waals surface area (Å²) in [6, 6.07) is 8.59. The topological polar surface area (TPSA) is 21.3 Å². The molecule has 3 heteroatoms. The van der Waals surface area contributed by atoms with Crippen molar-refractivity contribution in [3.63, 3.8) is 0 Å². The Morgan fingerprint density at radius 1 is 1.25 bits per heavy atom. The lowest BCUT2D eigenvalue weighted by molar-refractivity contribution is 0.171. The molecule has 0 heterocycles. The first-order chi connectivity index (χ1) is 9.51. The highest BCUT2D eigenvalue weighted by Gasteiger charge is 2.26. The largest absolute Gasteiger partial charge is 0.494 e. The van der Waals surface area contributed by atoms with E-state index in [1.165, 1.54) is 12.8 Å². The molecule has 1 aromatic carbocycles. The molecule has 0 aliphatic rings. The van der Waals surface area contributed by atoms with Gasteiger partial charge in [-0.2, -0.15) is 0 Å². The summed E-state index contributed by atoms with van der Waals surface area (Å²) in [6.45, 7) is 10.8. The quantitative estimate of drug-likeness (QED) is 0.680. The van der Waals surface area contributed by atoms with Crippen LogP contribution in [0, 0.1) is 5.41 Å². The van der Waals surface area contributed by atoms with Gasteiger partial charge in [-0.3, -0.25) is 0 Å². The SMILES string of the molecule is CCC(CC)(CCOc1cccc(Br)c1)CNC(C)C. The lowest BCUT2D eigenvalue weighted by atomic mass is 9.79. The normalized spacial score (nSPS) is 11.9. The maximum atomic E-state index is 5.90. The summed E-state index contributed by atoms with van der Waals surface area (Å²) in [6.07, 6.45) is 3.46. The molecule has 0 unspecified atom stereocenters. The number of nitrogens with one attached hydrogen (secondary N) is 1. The van der Waals surface area contributed by atoms with Crippen LogP contribution < -0.4 is 10.1 Å². The fourth-order valence-corrected chi connectivity index (χ4v) is 2.68. The van der Waals surface area contributed by atoms with Crippen LogP contribution in [0.25, 0.3) is 0 Å². The Labute approximate surface area is 132 Å². The maximum Gasteiger partial charge on any atom is 0.120 e. The molecule has 0 spiro atoms. The van der Waals surface area contributed by atoms with Crippen LogP contribution in [0.2, 0.25) is 0 Å². The van der Waals surface area contributed by atoms with Crippen molar-refractivity contribution < 1.29 is 4.74 Å². The van der Waals surface area contributed by atoms with Gasteiger partial charge >= 0.3 is 0 Å². The van der Waals surface area contributed by atoms with Crippen LogP contribution in [0.15, 0.2) is 28.7 Å². The van der Waals surface area contributed by atoms with E-state index in [9.17, 15) is 0 Å². The van der Waals surface area contributed by atoms with E-state index >= 15 is 0 Å². The molecule has 0 bridgehead atoms. The zero-order valence-corrected chi connectivity index (χ0v) is 14.8. The summed E-state index contributed by atoms with van der Waals surface area (Å²) in [5.41, 5.74) is 0.344. The van der Waals surface area contributed by atoms with Crippen LogP contribution in [0.1, 0.15) is 47.0 Å². The molecule has 0 saturated heterocycles. The number of ether oxygens (including phenoxy) is 1. The molecule has 0 saturated carbocycles. The molecule has 0 aliphatic heterocycles. The maximum absolute atomic E-state index is 5.90. The fourth-order valence-electron chi connectivity index (χ4n) is 2.30. The van der Waals surface area contributed by atoms with Crippen LogP contribution in [0.5, 0.6) is 5.75 Å². The summed E-state index contributed by atoms with van der Waals surface area (Å²) in [5.74, 6) is 0.942. The minimum absolute atomic E-state index is 0.344. The smallest absolute Gasteiger partial charge is 0.120 e. The fraction of sp³-hybridized carbons (Fsp3) is 0.647. The van der Waals surface area contributed by atoms with E-state index in [0.717, 1.165) is 29.8 Å². The van der Waals surface area contributed by atoms with Gasteiger partial charge in [0.25, 0.3) is 0 Å². The molecule has 0 aliphatic carbocycles. The van der Waals surface area contributed by atoms with Gasteiger partial charge in [0.15, 0.2) is 0 Å². The van der Waals surface area contributed by atoms with Crippen LogP contribution in [0.4, 0.5) is 0 Å². The zero-order valence-electron chi connectivity index (χ0n) is 13.2. The van der Waals surface area contributed by atoms with Crippen LogP contribution in [-0.2, 0) is 0 Å². The molecule has 0 fully saturated rings. The average Bonchev–Trinajstić information content (AvgIpc) is 2.43. The lowest BCUT2D eigenvalue weighted by Gasteiger charge is -2.33. The van der Waals surface area contributed by atoms with Gasteiger partial charge in [0.1, 0.15) is 5.75 Å². The van der Waals surface area contributed by atoms with Crippen molar-refractivity contribution in [1.82, 2.24) is 5.32 Å². The monoisotopic (exact) mass is 341 g/mol. The third-order valence-electron chi connectivity index (χ3n) is 4.08. The molecule has 114 valence electrons. The van der Waals surface area contributed by atoms with E-state index in [0.29, 0.717) is 11.5 Å². The van der Waals surface area contributed by atoms with Gasteiger partial charge in [0, 0.05) is 17.1 Å².